The van der Waals surface area contributed by atoms with E-state index in [1.807, 2.05) is 48.5 Å². The first-order chi connectivity index (χ1) is 14.9. The maximum Gasteiger partial charge on any atom is 0.407 e. The average Bonchev–Trinajstić information content (AvgIpc) is 3.09. The fourth-order valence-electron chi connectivity index (χ4n) is 3.58. The smallest absolute Gasteiger partial charge is 0.407 e. The van der Waals surface area contributed by atoms with Gasteiger partial charge in [-0.15, -0.1) is 6.42 Å². The van der Waals surface area contributed by atoms with Gasteiger partial charge in [0.1, 0.15) is 18.7 Å². The number of aliphatic hydroxyl groups excluding tert-OH is 1. The molecule has 2 aromatic carbocycles. The molecule has 2 atom stereocenters. The quantitative estimate of drug-likeness (QED) is 0.478. The first-order valence-corrected chi connectivity index (χ1v) is 9.65. The molecule has 8 heteroatoms. The van der Waals surface area contributed by atoms with Gasteiger partial charge in [-0.25, -0.2) is 4.79 Å². The van der Waals surface area contributed by atoms with Gasteiger partial charge in [-0.1, -0.05) is 54.5 Å². The van der Waals surface area contributed by atoms with E-state index in [0.717, 1.165) is 22.3 Å². The average molecular weight is 422 g/mol. The highest BCUT2D eigenvalue weighted by Gasteiger charge is 2.30. The fraction of sp³-hybridized carbons (Fsp3) is 0.261. The van der Waals surface area contributed by atoms with Crippen LogP contribution in [0.1, 0.15) is 23.5 Å². The van der Waals surface area contributed by atoms with Crippen LogP contribution < -0.4 is 10.6 Å². The number of aliphatic hydroxyl groups is 1. The molecule has 0 aromatic heterocycles. The van der Waals surface area contributed by atoms with Gasteiger partial charge in [0, 0.05) is 5.92 Å². The summed E-state index contributed by atoms with van der Waals surface area (Å²) < 4.78 is 5.35. The second kappa shape index (κ2) is 9.78. The SMILES string of the molecule is C#CC(CO)NC(=O)C(CC(=O)O)NC(=O)OCC1c2ccccc2-c2ccccc21. The number of carbonyl (C=O) groups excluding carboxylic acids is 2. The third kappa shape index (κ3) is 5.02. The van der Waals surface area contributed by atoms with E-state index in [4.69, 9.17) is 21.4 Å². The van der Waals surface area contributed by atoms with Crippen LogP contribution in [0.2, 0.25) is 0 Å². The van der Waals surface area contributed by atoms with Crippen LogP contribution in [0.5, 0.6) is 0 Å². The molecule has 0 heterocycles. The molecule has 2 amide bonds. The second-order valence-electron chi connectivity index (χ2n) is 7.03. The zero-order valence-corrected chi connectivity index (χ0v) is 16.6. The van der Waals surface area contributed by atoms with E-state index in [9.17, 15) is 14.4 Å². The van der Waals surface area contributed by atoms with Gasteiger partial charge in [0.25, 0.3) is 0 Å². The number of ether oxygens (including phenoxy) is 1. The van der Waals surface area contributed by atoms with Gasteiger partial charge in [0.05, 0.1) is 13.0 Å². The maximum atomic E-state index is 12.3. The minimum absolute atomic E-state index is 0.0187. The summed E-state index contributed by atoms with van der Waals surface area (Å²) in [5, 5.41) is 22.7. The Labute approximate surface area is 179 Å². The number of carbonyl (C=O) groups is 3. The zero-order chi connectivity index (χ0) is 22.4. The molecule has 2 unspecified atom stereocenters. The third-order valence-corrected chi connectivity index (χ3v) is 5.03. The van der Waals surface area contributed by atoms with Crippen LogP contribution in [0.4, 0.5) is 4.79 Å². The fourth-order valence-corrected chi connectivity index (χ4v) is 3.58. The van der Waals surface area contributed by atoms with Gasteiger partial charge in [-0.3, -0.25) is 9.59 Å². The first-order valence-electron chi connectivity index (χ1n) is 9.65. The minimum atomic E-state index is -1.41. The molecule has 0 fully saturated rings. The van der Waals surface area contributed by atoms with E-state index in [2.05, 4.69) is 16.6 Å². The van der Waals surface area contributed by atoms with Gasteiger partial charge < -0.3 is 25.6 Å². The topological polar surface area (TPSA) is 125 Å². The summed E-state index contributed by atoms with van der Waals surface area (Å²) in [6.07, 6.45) is 3.58. The Hall–Kier alpha value is -3.83. The largest absolute Gasteiger partial charge is 0.481 e. The number of aliphatic carboxylic acids is 1. The molecule has 3 rings (SSSR count). The molecule has 0 spiro atoms. The number of carboxylic acids is 1. The summed E-state index contributed by atoms with van der Waals surface area (Å²) in [5.41, 5.74) is 4.19. The van der Waals surface area contributed by atoms with Crippen LogP contribution in [0.25, 0.3) is 11.1 Å². The molecule has 0 saturated carbocycles. The van der Waals surface area contributed by atoms with Crippen LogP contribution in [-0.4, -0.2) is 53.5 Å². The number of fused-ring (bicyclic) bond motifs is 3. The van der Waals surface area contributed by atoms with Crippen molar-refractivity contribution in [2.75, 3.05) is 13.2 Å². The number of hydrogen-bond acceptors (Lipinski definition) is 5. The number of carboxylic acid groups (broad SMARTS) is 1. The molecule has 0 radical (unpaired) electrons. The normalized spacial score (nSPS) is 13.8. The Morgan fingerprint density at radius 1 is 1.03 bits per heavy atom. The number of nitrogens with one attached hydrogen (secondary N) is 2. The molecule has 31 heavy (non-hydrogen) atoms. The lowest BCUT2D eigenvalue weighted by atomic mass is 9.98. The molecule has 0 saturated heterocycles. The monoisotopic (exact) mass is 422 g/mol. The summed E-state index contributed by atoms with van der Waals surface area (Å²) in [6.45, 7) is -0.502. The first kappa shape index (κ1) is 21.9. The minimum Gasteiger partial charge on any atom is -0.481 e. The summed E-state index contributed by atoms with van der Waals surface area (Å²) >= 11 is 0. The van der Waals surface area contributed by atoms with E-state index in [1.165, 1.54) is 0 Å². The lowest BCUT2D eigenvalue weighted by molar-refractivity contribution is -0.139. The number of terminal acetylenes is 1. The van der Waals surface area contributed by atoms with Gasteiger partial charge in [-0.2, -0.15) is 0 Å². The van der Waals surface area contributed by atoms with Crippen LogP contribution in [-0.2, 0) is 14.3 Å². The molecule has 8 nitrogen and oxygen atoms in total. The van der Waals surface area contributed by atoms with Crippen molar-refractivity contribution in [3.8, 4) is 23.5 Å². The standard InChI is InChI=1S/C23H22N2O6/c1-2-14(12-26)24-22(29)20(11-21(27)28)25-23(30)31-13-19-17-9-5-3-7-15(17)16-8-4-6-10-18(16)19/h1,3-10,14,19-20,26H,11-13H2,(H,24,29)(H,25,30)(H,27,28). The second-order valence-corrected chi connectivity index (χ2v) is 7.03. The number of rotatable bonds is 8. The Bertz CT molecular complexity index is 983. The van der Waals surface area contributed by atoms with Crippen molar-refractivity contribution < 1.29 is 29.3 Å². The Balaban J connectivity index is 1.67. The summed E-state index contributed by atoms with van der Waals surface area (Å²) in [6, 6.07) is 13.3. The van der Waals surface area contributed by atoms with Gasteiger partial charge >= 0.3 is 12.1 Å². The molecule has 2 aromatic rings. The summed E-state index contributed by atoms with van der Waals surface area (Å²) in [5.74, 6) is -0.141. The molecule has 1 aliphatic carbocycles. The molecule has 1 aliphatic rings. The Kier molecular flexibility index (Phi) is 6.90. The molecule has 4 N–H and O–H groups in total. The highest BCUT2D eigenvalue weighted by molar-refractivity contribution is 5.89. The highest BCUT2D eigenvalue weighted by Crippen LogP contribution is 2.44. The molecular formula is C23H22N2O6. The summed E-state index contributed by atoms with van der Waals surface area (Å²) in [4.78, 5) is 35.7. The van der Waals surface area contributed by atoms with Gasteiger partial charge in [0.2, 0.25) is 5.91 Å². The lowest BCUT2D eigenvalue weighted by Crippen LogP contribution is -2.51. The Morgan fingerprint density at radius 2 is 1.61 bits per heavy atom. The van der Waals surface area contributed by atoms with E-state index in [0.29, 0.717) is 0 Å². The molecule has 0 aliphatic heterocycles. The van der Waals surface area contributed by atoms with Crippen LogP contribution in [0.15, 0.2) is 48.5 Å². The van der Waals surface area contributed by atoms with Crippen LogP contribution >= 0.6 is 0 Å². The zero-order valence-electron chi connectivity index (χ0n) is 16.6. The van der Waals surface area contributed by atoms with Gasteiger partial charge in [-0.05, 0) is 22.3 Å². The van der Waals surface area contributed by atoms with Crippen molar-refractivity contribution in [2.24, 2.45) is 0 Å². The molecule has 160 valence electrons. The lowest BCUT2D eigenvalue weighted by Gasteiger charge is -2.20. The van der Waals surface area contributed by atoms with Crippen LogP contribution in [0.3, 0.4) is 0 Å². The number of alkyl carbamates (subject to hydrolysis) is 1. The van der Waals surface area contributed by atoms with E-state index in [1.54, 1.807) is 0 Å². The molecule has 0 bridgehead atoms. The van der Waals surface area contributed by atoms with Crippen molar-refractivity contribution in [1.82, 2.24) is 10.6 Å². The van der Waals surface area contributed by atoms with Crippen molar-refractivity contribution in [1.29, 1.82) is 0 Å². The third-order valence-electron chi connectivity index (χ3n) is 5.03. The van der Waals surface area contributed by atoms with Crippen molar-refractivity contribution in [3.63, 3.8) is 0 Å². The van der Waals surface area contributed by atoms with Crippen molar-refractivity contribution in [3.05, 3.63) is 59.7 Å². The van der Waals surface area contributed by atoms with E-state index >= 15 is 0 Å². The Morgan fingerprint density at radius 3 is 2.13 bits per heavy atom. The number of amides is 2. The van der Waals surface area contributed by atoms with Crippen LogP contribution in [0, 0.1) is 12.3 Å². The number of hydrogen-bond donors (Lipinski definition) is 4. The maximum absolute atomic E-state index is 12.3. The number of benzene rings is 2. The van der Waals surface area contributed by atoms with E-state index in [-0.39, 0.29) is 12.5 Å². The van der Waals surface area contributed by atoms with Crippen molar-refractivity contribution >= 4 is 18.0 Å². The van der Waals surface area contributed by atoms with Gasteiger partial charge in [0.15, 0.2) is 0 Å². The predicted molar refractivity (Wildman–Crippen MR) is 112 cm³/mol. The highest BCUT2D eigenvalue weighted by atomic mass is 16.5. The predicted octanol–water partition coefficient (Wildman–Crippen LogP) is 1.48. The van der Waals surface area contributed by atoms with E-state index < -0.39 is 43.1 Å². The summed E-state index contributed by atoms with van der Waals surface area (Å²) in [7, 11) is 0. The van der Waals surface area contributed by atoms with Crippen molar-refractivity contribution in [2.45, 2.75) is 24.4 Å². The molecular weight excluding hydrogens is 400 g/mol.